The lowest BCUT2D eigenvalue weighted by Gasteiger charge is -2.09. The van der Waals surface area contributed by atoms with Crippen molar-refractivity contribution in [2.75, 3.05) is 0 Å². The van der Waals surface area contributed by atoms with Gasteiger partial charge in [0.1, 0.15) is 0 Å². The van der Waals surface area contributed by atoms with Gasteiger partial charge in [-0.05, 0) is 44.4 Å². The lowest BCUT2D eigenvalue weighted by atomic mass is 10.1. The van der Waals surface area contributed by atoms with Crippen molar-refractivity contribution in [3.8, 4) is 0 Å². The minimum atomic E-state index is 0.00707. The van der Waals surface area contributed by atoms with E-state index in [0.717, 1.165) is 0 Å². The molecule has 0 unspecified atom stereocenters. The monoisotopic (exact) mass is 245 g/mol. The summed E-state index contributed by atoms with van der Waals surface area (Å²) in [6.07, 6.45) is 13.9. The fourth-order valence-corrected chi connectivity index (χ4v) is 1.67. The maximum atomic E-state index is 4.35. The minimum Gasteiger partial charge on any atom is -0.287 e. The van der Waals surface area contributed by atoms with Gasteiger partial charge in [0, 0.05) is 11.1 Å². The van der Waals surface area contributed by atoms with Crippen LogP contribution < -0.4 is 0 Å². The Morgan fingerprint density at radius 2 is 1.76 bits per heavy atom. The van der Waals surface area contributed by atoms with Crippen molar-refractivity contribution in [3.63, 3.8) is 0 Å². The maximum absolute atomic E-state index is 4.35. The molecule has 0 aliphatic heterocycles. The van der Waals surface area contributed by atoms with Crippen LogP contribution in [0.2, 0.25) is 0 Å². The highest BCUT2D eigenvalue weighted by atomic mass is 32.1. The zero-order chi connectivity index (χ0) is 12.6. The van der Waals surface area contributed by atoms with Crippen LogP contribution in [0, 0.1) is 0 Å². The first-order valence-electron chi connectivity index (χ1n) is 5.67. The smallest absolute Gasteiger partial charge is 0.0524 e. The molecule has 1 aromatic heterocycles. The van der Waals surface area contributed by atoms with Gasteiger partial charge >= 0.3 is 0 Å². The van der Waals surface area contributed by atoms with Gasteiger partial charge in [-0.2, -0.15) is 0 Å². The van der Waals surface area contributed by atoms with Gasteiger partial charge in [0.05, 0.1) is 5.54 Å². The van der Waals surface area contributed by atoms with Gasteiger partial charge in [-0.3, -0.25) is 4.99 Å². The van der Waals surface area contributed by atoms with E-state index in [4.69, 9.17) is 0 Å². The van der Waals surface area contributed by atoms with Gasteiger partial charge in [0.2, 0.25) is 0 Å². The number of thiophene rings is 1. The highest BCUT2D eigenvalue weighted by molar-refractivity contribution is 7.10. The predicted molar refractivity (Wildman–Crippen MR) is 79.9 cm³/mol. The molecule has 0 N–H and O–H groups in total. The van der Waals surface area contributed by atoms with Crippen molar-refractivity contribution < 1.29 is 0 Å². The van der Waals surface area contributed by atoms with E-state index >= 15 is 0 Å². The Bertz CT molecular complexity index is 414. The zero-order valence-electron chi connectivity index (χ0n) is 10.6. The van der Waals surface area contributed by atoms with E-state index < -0.39 is 0 Å². The first-order valence-corrected chi connectivity index (χ1v) is 6.55. The molecule has 1 heterocycles. The zero-order valence-corrected chi connectivity index (χ0v) is 11.4. The summed E-state index contributed by atoms with van der Waals surface area (Å²) < 4.78 is 0. The van der Waals surface area contributed by atoms with Crippen molar-refractivity contribution in [3.05, 3.63) is 52.8 Å². The Balaban J connectivity index is 2.31. The number of rotatable bonds is 4. The van der Waals surface area contributed by atoms with Gasteiger partial charge in [0.15, 0.2) is 0 Å². The van der Waals surface area contributed by atoms with Gasteiger partial charge in [-0.1, -0.05) is 30.4 Å². The summed E-state index contributed by atoms with van der Waals surface area (Å²) in [6.45, 7) is 6.24. The van der Waals surface area contributed by atoms with Crippen LogP contribution in [0.1, 0.15) is 25.6 Å². The van der Waals surface area contributed by atoms with Crippen LogP contribution in [-0.4, -0.2) is 11.8 Å². The number of aliphatic imine (C=N–C) groups is 1. The summed E-state index contributed by atoms with van der Waals surface area (Å²) in [5, 5.41) is 2.08. The quantitative estimate of drug-likeness (QED) is 0.536. The van der Waals surface area contributed by atoms with Crippen molar-refractivity contribution >= 4 is 23.6 Å². The van der Waals surface area contributed by atoms with Crippen LogP contribution >= 0.6 is 11.3 Å². The lowest BCUT2D eigenvalue weighted by molar-refractivity contribution is 0.587. The molecule has 0 aliphatic rings. The summed E-state index contributed by atoms with van der Waals surface area (Å²) >= 11 is 1.74. The summed E-state index contributed by atoms with van der Waals surface area (Å²) in [4.78, 5) is 5.62. The third-order valence-corrected chi connectivity index (χ3v) is 2.63. The molecule has 1 rings (SSSR count). The van der Waals surface area contributed by atoms with Gasteiger partial charge in [-0.15, -0.1) is 11.3 Å². The first kappa shape index (κ1) is 13.7. The highest BCUT2D eigenvalue weighted by Crippen LogP contribution is 2.09. The van der Waals surface area contributed by atoms with Gasteiger partial charge in [-0.25, -0.2) is 0 Å². The molecule has 17 heavy (non-hydrogen) atoms. The average molecular weight is 245 g/mol. The molecule has 1 aromatic rings. The summed E-state index contributed by atoms with van der Waals surface area (Å²) in [5.41, 5.74) is 0.00707. The number of hydrogen-bond donors (Lipinski definition) is 0. The lowest BCUT2D eigenvalue weighted by Crippen LogP contribution is -2.08. The van der Waals surface area contributed by atoms with Crippen molar-refractivity contribution in [2.24, 2.45) is 4.99 Å². The third kappa shape index (κ3) is 7.47. The van der Waals surface area contributed by atoms with E-state index in [2.05, 4.69) is 49.4 Å². The maximum Gasteiger partial charge on any atom is 0.0524 e. The fourth-order valence-electron chi connectivity index (χ4n) is 1.05. The first-order chi connectivity index (χ1) is 8.08. The molecule has 0 fully saturated rings. The average Bonchev–Trinajstić information content (AvgIpc) is 2.73. The van der Waals surface area contributed by atoms with Crippen LogP contribution in [0.15, 0.2) is 52.9 Å². The molecule has 0 spiro atoms. The van der Waals surface area contributed by atoms with E-state index in [1.54, 1.807) is 11.3 Å². The molecule has 0 atom stereocenters. The second-order valence-corrected chi connectivity index (χ2v) is 5.57. The largest absolute Gasteiger partial charge is 0.287 e. The minimum absolute atomic E-state index is 0.00707. The summed E-state index contributed by atoms with van der Waals surface area (Å²) in [6, 6.07) is 4.15. The Morgan fingerprint density at radius 3 is 2.41 bits per heavy atom. The second-order valence-electron chi connectivity index (χ2n) is 4.59. The SMILES string of the molecule is CC(C)(C)N=C/C=C/C=C/C=C/c1cccs1. The molecule has 0 amide bonds. The van der Waals surface area contributed by atoms with Crippen LogP contribution in [-0.2, 0) is 0 Å². The molecule has 2 heteroatoms. The van der Waals surface area contributed by atoms with Crippen molar-refractivity contribution in [2.45, 2.75) is 26.3 Å². The second kappa shape index (κ2) is 7.02. The van der Waals surface area contributed by atoms with Gasteiger partial charge in [0.25, 0.3) is 0 Å². The van der Waals surface area contributed by atoms with Crippen molar-refractivity contribution in [1.29, 1.82) is 0 Å². The molecule has 0 saturated carbocycles. The standard InChI is InChI=1S/C15H19NS/c1-15(2,3)16-12-8-6-4-5-7-10-14-11-9-13-17-14/h4-13H,1-3H3/b5-4+,8-6+,10-7+,16-12?. The fraction of sp³-hybridized carbons (Fsp3) is 0.267. The van der Waals surface area contributed by atoms with Crippen LogP contribution in [0.4, 0.5) is 0 Å². The summed E-state index contributed by atoms with van der Waals surface area (Å²) in [7, 11) is 0. The number of allylic oxidation sites excluding steroid dienone is 5. The van der Waals surface area contributed by atoms with Crippen LogP contribution in [0.5, 0.6) is 0 Å². The van der Waals surface area contributed by atoms with Crippen molar-refractivity contribution in [1.82, 2.24) is 0 Å². The van der Waals surface area contributed by atoms with E-state index in [-0.39, 0.29) is 5.54 Å². The van der Waals surface area contributed by atoms with Crippen LogP contribution in [0.3, 0.4) is 0 Å². The number of hydrogen-bond acceptors (Lipinski definition) is 2. The van der Waals surface area contributed by atoms with Gasteiger partial charge < -0.3 is 0 Å². The molecule has 1 nitrogen and oxygen atoms in total. The predicted octanol–water partition coefficient (Wildman–Crippen LogP) is 4.74. The third-order valence-electron chi connectivity index (χ3n) is 1.80. The molecule has 0 aliphatic carbocycles. The van der Waals surface area contributed by atoms with E-state index in [9.17, 15) is 0 Å². The molecular formula is C15H19NS. The van der Waals surface area contributed by atoms with E-state index in [1.165, 1.54) is 4.88 Å². The molecule has 0 radical (unpaired) electrons. The molecule has 0 bridgehead atoms. The van der Waals surface area contributed by atoms with E-state index in [0.29, 0.717) is 0 Å². The highest BCUT2D eigenvalue weighted by Gasteiger charge is 2.02. The normalized spacial score (nSPS) is 13.8. The molecule has 90 valence electrons. The summed E-state index contributed by atoms with van der Waals surface area (Å²) in [5.74, 6) is 0. The topological polar surface area (TPSA) is 12.4 Å². The van der Waals surface area contributed by atoms with E-state index in [1.807, 2.05) is 36.6 Å². The molecular weight excluding hydrogens is 226 g/mol. The Morgan fingerprint density at radius 1 is 1.06 bits per heavy atom. The van der Waals surface area contributed by atoms with Crippen LogP contribution in [0.25, 0.3) is 6.08 Å². The number of nitrogens with zero attached hydrogens (tertiary/aromatic N) is 1. The molecule has 0 aromatic carbocycles. The molecule has 0 saturated heterocycles. The Hall–Kier alpha value is -1.41. The Kier molecular flexibility index (Phi) is 5.64. The Labute approximate surface area is 108 Å².